The Morgan fingerprint density at radius 2 is 1.82 bits per heavy atom. The summed E-state index contributed by atoms with van der Waals surface area (Å²) in [5, 5.41) is 0. The lowest BCUT2D eigenvalue weighted by atomic mass is 10.1. The average molecular weight is 238 g/mol. The van der Waals surface area contributed by atoms with E-state index < -0.39 is 11.6 Å². The van der Waals surface area contributed by atoms with Gasteiger partial charge in [0.15, 0.2) is 12.0 Å². The van der Waals surface area contributed by atoms with Crippen LogP contribution in [-0.4, -0.2) is 6.29 Å². The van der Waals surface area contributed by atoms with Crippen molar-refractivity contribution in [3.63, 3.8) is 0 Å². The van der Waals surface area contributed by atoms with Crippen molar-refractivity contribution in [1.82, 2.24) is 0 Å². The van der Waals surface area contributed by atoms with E-state index >= 15 is 0 Å². The SMILES string of the molecule is CC.O=Cc1ccc(-c2ccc(F)cc2F)o1. The van der Waals surface area contributed by atoms with Crippen LogP contribution >= 0.6 is 0 Å². The third-order valence-electron chi connectivity index (χ3n) is 1.94. The van der Waals surface area contributed by atoms with Crippen LogP contribution in [0.15, 0.2) is 34.7 Å². The molecule has 0 N–H and O–H groups in total. The summed E-state index contributed by atoms with van der Waals surface area (Å²) in [6, 6.07) is 6.03. The lowest BCUT2D eigenvalue weighted by molar-refractivity contribution is 0.110. The van der Waals surface area contributed by atoms with Crippen LogP contribution in [0.3, 0.4) is 0 Å². The standard InChI is InChI=1S/C11H6F2O2.C2H6/c12-7-1-3-9(10(13)5-7)11-4-2-8(6-14)15-11;1-2/h1-6H;1-2H3. The van der Waals surface area contributed by atoms with E-state index in [2.05, 4.69) is 0 Å². The molecule has 0 spiro atoms. The quantitative estimate of drug-likeness (QED) is 0.738. The maximum atomic E-state index is 13.3. The van der Waals surface area contributed by atoms with Crippen molar-refractivity contribution in [3.8, 4) is 11.3 Å². The first-order valence-electron chi connectivity index (χ1n) is 5.21. The normalized spacial score (nSPS) is 9.41. The second kappa shape index (κ2) is 5.94. The number of halogens is 2. The molecular formula is C13H12F2O2. The van der Waals surface area contributed by atoms with Crippen LogP contribution < -0.4 is 0 Å². The van der Waals surface area contributed by atoms with Crippen LogP contribution in [-0.2, 0) is 0 Å². The summed E-state index contributed by atoms with van der Waals surface area (Å²) < 4.78 is 30.9. The average Bonchev–Trinajstić information content (AvgIpc) is 2.80. The fraction of sp³-hybridized carbons (Fsp3) is 0.154. The van der Waals surface area contributed by atoms with Crippen molar-refractivity contribution >= 4 is 6.29 Å². The highest BCUT2D eigenvalue weighted by Gasteiger charge is 2.10. The third kappa shape index (κ3) is 3.00. The highest BCUT2D eigenvalue weighted by molar-refractivity contribution is 5.72. The molecule has 4 heteroatoms. The zero-order valence-electron chi connectivity index (χ0n) is 9.54. The zero-order chi connectivity index (χ0) is 12.8. The van der Waals surface area contributed by atoms with Gasteiger partial charge in [0, 0.05) is 6.07 Å². The van der Waals surface area contributed by atoms with Crippen molar-refractivity contribution in [1.29, 1.82) is 0 Å². The summed E-state index contributed by atoms with van der Waals surface area (Å²) in [5.41, 5.74) is 0.129. The van der Waals surface area contributed by atoms with Gasteiger partial charge in [-0.1, -0.05) is 13.8 Å². The molecule has 0 fully saturated rings. The lowest BCUT2D eigenvalue weighted by Gasteiger charge is -1.98. The van der Waals surface area contributed by atoms with Gasteiger partial charge in [0.25, 0.3) is 0 Å². The molecule has 0 saturated heterocycles. The second-order valence-electron chi connectivity index (χ2n) is 2.94. The van der Waals surface area contributed by atoms with E-state index in [0.29, 0.717) is 6.29 Å². The fourth-order valence-corrected chi connectivity index (χ4v) is 1.25. The van der Waals surface area contributed by atoms with Crippen molar-refractivity contribution < 1.29 is 18.0 Å². The summed E-state index contributed by atoms with van der Waals surface area (Å²) in [4.78, 5) is 10.3. The van der Waals surface area contributed by atoms with Gasteiger partial charge in [0.2, 0.25) is 0 Å². The first-order valence-corrected chi connectivity index (χ1v) is 5.21. The molecule has 0 aliphatic carbocycles. The van der Waals surface area contributed by atoms with Gasteiger partial charge in [-0.15, -0.1) is 0 Å². The lowest BCUT2D eigenvalue weighted by Crippen LogP contribution is -1.84. The summed E-state index contributed by atoms with van der Waals surface area (Å²) in [5.74, 6) is -1.07. The number of carbonyl (C=O) groups excluding carboxylic acids is 1. The maximum absolute atomic E-state index is 13.3. The topological polar surface area (TPSA) is 30.2 Å². The highest BCUT2D eigenvalue weighted by Crippen LogP contribution is 2.24. The van der Waals surface area contributed by atoms with E-state index in [0.717, 1.165) is 12.1 Å². The van der Waals surface area contributed by atoms with Crippen molar-refractivity contribution in [2.75, 3.05) is 0 Å². The predicted octanol–water partition coefficient (Wildman–Crippen LogP) is 4.06. The third-order valence-corrected chi connectivity index (χ3v) is 1.94. The Hall–Kier alpha value is -1.97. The summed E-state index contributed by atoms with van der Waals surface area (Å²) in [7, 11) is 0. The highest BCUT2D eigenvalue weighted by atomic mass is 19.1. The molecule has 0 saturated carbocycles. The van der Waals surface area contributed by atoms with E-state index in [9.17, 15) is 13.6 Å². The first kappa shape index (κ1) is 13.1. The second-order valence-corrected chi connectivity index (χ2v) is 2.94. The predicted molar refractivity (Wildman–Crippen MR) is 60.8 cm³/mol. The molecule has 2 rings (SSSR count). The van der Waals surface area contributed by atoms with Crippen molar-refractivity contribution in [2.24, 2.45) is 0 Å². The van der Waals surface area contributed by atoms with Gasteiger partial charge >= 0.3 is 0 Å². The van der Waals surface area contributed by atoms with Gasteiger partial charge in [0.05, 0.1) is 5.56 Å². The molecule has 1 aromatic carbocycles. The number of hydrogen-bond donors (Lipinski definition) is 0. The van der Waals surface area contributed by atoms with E-state index in [1.54, 1.807) is 0 Å². The first-order chi connectivity index (χ1) is 8.20. The monoisotopic (exact) mass is 238 g/mol. The summed E-state index contributed by atoms with van der Waals surface area (Å²) in [6.45, 7) is 4.00. The molecule has 90 valence electrons. The van der Waals surface area contributed by atoms with Gasteiger partial charge in [-0.05, 0) is 24.3 Å². The van der Waals surface area contributed by atoms with E-state index in [1.807, 2.05) is 13.8 Å². The number of carbonyl (C=O) groups is 1. The van der Waals surface area contributed by atoms with Gasteiger partial charge in [-0.2, -0.15) is 0 Å². The Morgan fingerprint density at radius 3 is 2.35 bits per heavy atom. The van der Waals surface area contributed by atoms with Crippen LogP contribution in [0, 0.1) is 11.6 Å². The van der Waals surface area contributed by atoms with Gasteiger partial charge in [-0.3, -0.25) is 4.79 Å². The van der Waals surface area contributed by atoms with Gasteiger partial charge in [-0.25, -0.2) is 8.78 Å². The number of furan rings is 1. The molecule has 0 aliphatic rings. The number of hydrogen-bond acceptors (Lipinski definition) is 2. The summed E-state index contributed by atoms with van der Waals surface area (Å²) >= 11 is 0. The largest absolute Gasteiger partial charge is 0.453 e. The Morgan fingerprint density at radius 1 is 1.12 bits per heavy atom. The Balaban J connectivity index is 0.000000686. The fourth-order valence-electron chi connectivity index (χ4n) is 1.25. The molecule has 17 heavy (non-hydrogen) atoms. The molecule has 2 aromatic rings. The van der Waals surface area contributed by atoms with Crippen LogP contribution in [0.25, 0.3) is 11.3 Å². The van der Waals surface area contributed by atoms with Crippen LogP contribution in [0.4, 0.5) is 8.78 Å². The Labute approximate surface area is 97.9 Å². The Kier molecular flexibility index (Phi) is 4.57. The number of rotatable bonds is 2. The van der Waals surface area contributed by atoms with E-state index in [1.165, 1.54) is 18.2 Å². The number of benzene rings is 1. The van der Waals surface area contributed by atoms with Gasteiger partial charge in [0.1, 0.15) is 17.4 Å². The molecular weight excluding hydrogens is 226 g/mol. The molecule has 1 aromatic heterocycles. The maximum Gasteiger partial charge on any atom is 0.185 e. The smallest absolute Gasteiger partial charge is 0.185 e. The zero-order valence-corrected chi connectivity index (χ0v) is 9.54. The minimum Gasteiger partial charge on any atom is -0.453 e. The Bertz CT molecular complexity index is 504. The van der Waals surface area contributed by atoms with Crippen LogP contribution in [0.5, 0.6) is 0 Å². The van der Waals surface area contributed by atoms with Crippen LogP contribution in [0.1, 0.15) is 24.4 Å². The molecule has 1 heterocycles. The van der Waals surface area contributed by atoms with E-state index in [-0.39, 0.29) is 17.1 Å². The molecule has 0 bridgehead atoms. The minimum absolute atomic E-state index is 0.105. The van der Waals surface area contributed by atoms with Crippen molar-refractivity contribution in [2.45, 2.75) is 13.8 Å². The molecule has 0 amide bonds. The number of aldehydes is 1. The summed E-state index contributed by atoms with van der Waals surface area (Å²) in [6.07, 6.45) is 0.519. The van der Waals surface area contributed by atoms with E-state index in [4.69, 9.17) is 4.42 Å². The van der Waals surface area contributed by atoms with Crippen molar-refractivity contribution in [3.05, 3.63) is 47.7 Å². The molecule has 0 unspecified atom stereocenters. The minimum atomic E-state index is -0.721. The molecule has 0 aliphatic heterocycles. The molecule has 0 radical (unpaired) electrons. The van der Waals surface area contributed by atoms with Crippen LogP contribution in [0.2, 0.25) is 0 Å². The molecule has 0 atom stereocenters. The molecule has 2 nitrogen and oxygen atoms in total. The van der Waals surface area contributed by atoms with Gasteiger partial charge < -0.3 is 4.42 Å².